The van der Waals surface area contributed by atoms with Gasteiger partial charge >= 0.3 is 0 Å². The van der Waals surface area contributed by atoms with E-state index in [9.17, 15) is 19.5 Å². The van der Waals surface area contributed by atoms with Gasteiger partial charge in [-0.3, -0.25) is 14.4 Å². The molecule has 5 atom stereocenters. The molecule has 202 valence electrons. The van der Waals surface area contributed by atoms with Crippen LogP contribution in [0.3, 0.4) is 0 Å². The molecule has 5 heteroatoms. The molecule has 0 saturated heterocycles. The molecule has 0 spiro atoms. The number of ketones is 3. The Bertz CT molecular complexity index is 989. The second-order valence-electron chi connectivity index (χ2n) is 13.7. The maximum Gasteiger partial charge on any atom is 0.175 e. The molecule has 36 heavy (non-hydrogen) atoms. The molecular formula is C31H48O5. The van der Waals surface area contributed by atoms with E-state index in [0.717, 1.165) is 12.8 Å². The summed E-state index contributed by atoms with van der Waals surface area (Å²) in [4.78, 5) is 43.1. The van der Waals surface area contributed by atoms with Gasteiger partial charge in [0.1, 0.15) is 11.9 Å². The van der Waals surface area contributed by atoms with E-state index in [0.29, 0.717) is 30.8 Å². The van der Waals surface area contributed by atoms with Crippen LogP contribution in [0.1, 0.15) is 108 Å². The Labute approximate surface area is 218 Å². The first-order valence-electron chi connectivity index (χ1n) is 13.8. The Kier molecular flexibility index (Phi) is 7.63. The number of rotatable bonds is 9. The summed E-state index contributed by atoms with van der Waals surface area (Å²) < 4.78 is 6.42. The van der Waals surface area contributed by atoms with Crippen LogP contribution in [0, 0.1) is 34.0 Å². The summed E-state index contributed by atoms with van der Waals surface area (Å²) in [5.74, 6) is -0.318. The van der Waals surface area contributed by atoms with Gasteiger partial charge in [-0.05, 0) is 71.1 Å². The molecule has 0 unspecified atom stereocenters. The van der Waals surface area contributed by atoms with Crippen LogP contribution in [0.25, 0.3) is 0 Å². The fourth-order valence-corrected chi connectivity index (χ4v) is 7.05. The first-order valence-corrected chi connectivity index (χ1v) is 13.8. The largest absolute Gasteiger partial charge is 0.489 e. The number of Topliss-reactive ketones (excluding diaryl/α,β-unsaturated/α-hetero) is 3. The molecule has 1 aliphatic heterocycles. The van der Waals surface area contributed by atoms with Gasteiger partial charge in [0.05, 0.1) is 11.0 Å². The summed E-state index contributed by atoms with van der Waals surface area (Å²) in [6, 6.07) is 0. The van der Waals surface area contributed by atoms with Gasteiger partial charge in [0.25, 0.3) is 0 Å². The van der Waals surface area contributed by atoms with Crippen molar-refractivity contribution in [3.63, 3.8) is 0 Å². The van der Waals surface area contributed by atoms with Crippen LogP contribution in [-0.4, -0.2) is 34.2 Å². The standard InChI is InChI=1S/C31H48O5/c1-18(2)12-11-15-30(10)21(14-13-19(3)4)17-29(9)25(33)22-16-23(28(7,8)35)36-26(22)31(30,27(29)34)24(32)20(5)6/h13,18,20-21,23,35H,11-12,14-17H2,1-10H3/t21-,23-,29+,30+,31-/m0/s1. The molecule has 0 aromatic carbocycles. The molecule has 2 bridgehead atoms. The van der Waals surface area contributed by atoms with Crippen LogP contribution >= 0.6 is 0 Å². The topological polar surface area (TPSA) is 80.7 Å². The van der Waals surface area contributed by atoms with Gasteiger partial charge in [-0.25, -0.2) is 0 Å². The highest BCUT2D eigenvalue weighted by Gasteiger charge is 2.76. The molecule has 1 saturated carbocycles. The normalized spacial score (nSPS) is 34.2. The lowest BCUT2D eigenvalue weighted by Crippen LogP contribution is -2.69. The average molecular weight is 501 g/mol. The Morgan fingerprint density at radius 3 is 2.28 bits per heavy atom. The smallest absolute Gasteiger partial charge is 0.175 e. The number of ether oxygens (including phenoxy) is 1. The van der Waals surface area contributed by atoms with Gasteiger partial charge in [-0.2, -0.15) is 0 Å². The monoisotopic (exact) mass is 500 g/mol. The van der Waals surface area contributed by atoms with Crippen molar-refractivity contribution in [2.24, 2.45) is 34.0 Å². The number of hydrogen-bond acceptors (Lipinski definition) is 5. The van der Waals surface area contributed by atoms with Crippen LogP contribution in [0.4, 0.5) is 0 Å². The summed E-state index contributed by atoms with van der Waals surface area (Å²) in [7, 11) is 0. The molecule has 5 nitrogen and oxygen atoms in total. The molecule has 2 aliphatic carbocycles. The van der Waals surface area contributed by atoms with Gasteiger partial charge < -0.3 is 9.84 Å². The Balaban J connectivity index is 2.35. The lowest BCUT2D eigenvalue weighted by atomic mass is 9.39. The molecule has 0 radical (unpaired) electrons. The van der Waals surface area contributed by atoms with E-state index in [-0.39, 0.29) is 35.4 Å². The molecule has 1 heterocycles. The lowest BCUT2D eigenvalue weighted by Gasteiger charge is -2.60. The third kappa shape index (κ3) is 4.23. The Morgan fingerprint density at radius 2 is 1.78 bits per heavy atom. The molecular weight excluding hydrogens is 452 g/mol. The van der Waals surface area contributed by atoms with Gasteiger partial charge in [0, 0.05) is 17.9 Å². The van der Waals surface area contributed by atoms with Crippen molar-refractivity contribution in [2.75, 3.05) is 0 Å². The zero-order valence-corrected chi connectivity index (χ0v) is 24.2. The summed E-state index contributed by atoms with van der Waals surface area (Å²) in [6.45, 7) is 19.4. The fourth-order valence-electron chi connectivity index (χ4n) is 7.05. The van der Waals surface area contributed by atoms with Crippen LogP contribution in [-0.2, 0) is 19.1 Å². The molecule has 3 rings (SSSR count). The van der Waals surface area contributed by atoms with Crippen molar-refractivity contribution < 1.29 is 24.2 Å². The minimum absolute atomic E-state index is 0.0345. The number of allylic oxidation sites excluding steroid dienone is 3. The highest BCUT2D eigenvalue weighted by molar-refractivity contribution is 6.27. The Morgan fingerprint density at radius 1 is 1.17 bits per heavy atom. The maximum absolute atomic E-state index is 14.7. The van der Waals surface area contributed by atoms with Gasteiger partial charge in [0.2, 0.25) is 0 Å². The van der Waals surface area contributed by atoms with Crippen molar-refractivity contribution in [3.05, 3.63) is 23.0 Å². The summed E-state index contributed by atoms with van der Waals surface area (Å²) in [5.41, 5.74) is -3.07. The first-order chi connectivity index (χ1) is 16.4. The van der Waals surface area contributed by atoms with Gasteiger partial charge in [-0.15, -0.1) is 0 Å². The number of carbonyl (C=O) groups excluding carboxylic acids is 3. The van der Waals surface area contributed by atoms with E-state index >= 15 is 0 Å². The van der Waals surface area contributed by atoms with E-state index in [1.54, 1.807) is 20.8 Å². The quantitative estimate of drug-likeness (QED) is 0.293. The number of aliphatic hydroxyl groups is 1. The SMILES string of the molecule is CC(C)=CC[C@H]1C[C@]2(C)C(=O)C3=C(O[C@H](C(C)(C)O)C3)[C@@](C(=O)C(C)C)(C2=O)[C@]1(C)CCCC(C)C. The fraction of sp³-hybridized carbons (Fsp3) is 0.774. The maximum atomic E-state index is 14.7. The van der Waals surface area contributed by atoms with E-state index in [1.807, 2.05) is 13.8 Å². The third-order valence-corrected chi connectivity index (χ3v) is 9.26. The molecule has 3 aliphatic rings. The summed E-state index contributed by atoms with van der Waals surface area (Å²) in [6.07, 6.45) is 5.48. The molecule has 1 N–H and O–H groups in total. The third-order valence-electron chi connectivity index (χ3n) is 9.26. The predicted octanol–water partition coefficient (Wildman–Crippen LogP) is 6.38. The minimum atomic E-state index is -1.52. The highest BCUT2D eigenvalue weighted by atomic mass is 16.5. The number of fused-ring (bicyclic) bond motifs is 3. The van der Waals surface area contributed by atoms with Gasteiger partial charge in [-0.1, -0.05) is 59.1 Å². The number of carbonyl (C=O) groups is 3. The molecule has 0 aromatic heterocycles. The van der Waals surface area contributed by atoms with E-state index in [4.69, 9.17) is 4.74 Å². The zero-order chi connectivity index (χ0) is 27.4. The van der Waals surface area contributed by atoms with Crippen molar-refractivity contribution in [2.45, 2.75) is 119 Å². The van der Waals surface area contributed by atoms with Crippen molar-refractivity contribution in [3.8, 4) is 0 Å². The lowest BCUT2D eigenvalue weighted by molar-refractivity contribution is -0.180. The summed E-state index contributed by atoms with van der Waals surface area (Å²) in [5, 5.41) is 10.8. The van der Waals surface area contributed by atoms with E-state index < -0.39 is 33.9 Å². The first kappa shape index (κ1) is 28.8. The Hall–Kier alpha value is -1.75. The minimum Gasteiger partial charge on any atom is -0.489 e. The van der Waals surface area contributed by atoms with Gasteiger partial charge in [0.15, 0.2) is 22.8 Å². The van der Waals surface area contributed by atoms with E-state index in [2.05, 4.69) is 40.7 Å². The van der Waals surface area contributed by atoms with Crippen LogP contribution in [0.5, 0.6) is 0 Å². The highest BCUT2D eigenvalue weighted by Crippen LogP contribution is 2.69. The predicted molar refractivity (Wildman–Crippen MR) is 142 cm³/mol. The number of hydrogen-bond donors (Lipinski definition) is 1. The average Bonchev–Trinajstić information content (AvgIpc) is 3.20. The van der Waals surface area contributed by atoms with Crippen molar-refractivity contribution in [1.82, 2.24) is 0 Å². The van der Waals surface area contributed by atoms with Crippen LogP contribution < -0.4 is 0 Å². The van der Waals surface area contributed by atoms with E-state index in [1.165, 1.54) is 5.57 Å². The van der Waals surface area contributed by atoms with Crippen LogP contribution in [0.2, 0.25) is 0 Å². The zero-order valence-electron chi connectivity index (χ0n) is 24.2. The van der Waals surface area contributed by atoms with Crippen LogP contribution in [0.15, 0.2) is 23.0 Å². The second kappa shape index (κ2) is 9.53. The second-order valence-corrected chi connectivity index (χ2v) is 13.7. The van der Waals surface area contributed by atoms with Crippen molar-refractivity contribution >= 4 is 17.3 Å². The molecule has 0 amide bonds. The summed E-state index contributed by atoms with van der Waals surface area (Å²) >= 11 is 0. The van der Waals surface area contributed by atoms with Crippen molar-refractivity contribution in [1.29, 1.82) is 0 Å². The molecule has 1 fully saturated rings. The molecule has 0 aromatic rings.